The van der Waals surface area contributed by atoms with Crippen molar-refractivity contribution >= 4 is 5.82 Å². The number of anilines is 1. The molecule has 1 aromatic rings. The first-order valence-electron chi connectivity index (χ1n) is 5.24. The molecule has 0 amide bonds. The fourth-order valence-electron chi connectivity index (χ4n) is 1.89. The summed E-state index contributed by atoms with van der Waals surface area (Å²) in [6, 6.07) is 0.473. The molecule has 0 bridgehead atoms. The van der Waals surface area contributed by atoms with Crippen molar-refractivity contribution in [3.63, 3.8) is 0 Å². The minimum atomic E-state index is -1.21. The van der Waals surface area contributed by atoms with Gasteiger partial charge in [-0.1, -0.05) is 0 Å². The van der Waals surface area contributed by atoms with Gasteiger partial charge < -0.3 is 20.7 Å². The SMILES string of the molecule is N=NC1C(O)[C@H](n2ccc(N)nc2=O)O[C@@H]1CO. The highest BCUT2D eigenvalue weighted by molar-refractivity contribution is 5.23. The Balaban J connectivity index is 2.34. The zero-order chi connectivity index (χ0) is 13.3. The Hall–Kier alpha value is -1.84. The molecule has 2 heterocycles. The third-order valence-electron chi connectivity index (χ3n) is 2.79. The van der Waals surface area contributed by atoms with Crippen LogP contribution in [0.5, 0.6) is 0 Å². The van der Waals surface area contributed by atoms with Gasteiger partial charge in [-0.05, 0) is 6.07 Å². The smallest absolute Gasteiger partial charge is 0.351 e. The second kappa shape index (κ2) is 4.80. The third kappa shape index (κ3) is 1.98. The van der Waals surface area contributed by atoms with E-state index in [0.717, 1.165) is 4.57 Å². The van der Waals surface area contributed by atoms with E-state index in [1.807, 2.05) is 0 Å². The number of aliphatic hydroxyl groups is 2. The lowest BCUT2D eigenvalue weighted by atomic mass is 10.1. The van der Waals surface area contributed by atoms with Gasteiger partial charge >= 0.3 is 5.69 Å². The predicted molar refractivity (Wildman–Crippen MR) is 58.8 cm³/mol. The molecule has 1 fully saturated rings. The number of nitrogen functional groups attached to an aromatic ring is 1. The number of hydrogen-bond donors (Lipinski definition) is 4. The molecule has 2 unspecified atom stereocenters. The van der Waals surface area contributed by atoms with E-state index >= 15 is 0 Å². The average Bonchev–Trinajstić information content (AvgIpc) is 2.66. The Morgan fingerprint density at radius 1 is 1.67 bits per heavy atom. The van der Waals surface area contributed by atoms with Crippen LogP contribution in [0.15, 0.2) is 22.2 Å². The average molecular weight is 255 g/mol. The Kier molecular flexibility index (Phi) is 3.36. The van der Waals surface area contributed by atoms with Crippen LogP contribution < -0.4 is 11.4 Å². The molecule has 0 spiro atoms. The summed E-state index contributed by atoms with van der Waals surface area (Å²) in [7, 11) is 0. The molecule has 18 heavy (non-hydrogen) atoms. The summed E-state index contributed by atoms with van der Waals surface area (Å²) < 4.78 is 6.35. The zero-order valence-electron chi connectivity index (χ0n) is 9.30. The normalized spacial score (nSPS) is 31.4. The monoisotopic (exact) mass is 255 g/mol. The van der Waals surface area contributed by atoms with E-state index in [-0.39, 0.29) is 5.82 Å². The van der Waals surface area contributed by atoms with E-state index in [1.54, 1.807) is 0 Å². The molecule has 0 radical (unpaired) electrons. The zero-order valence-corrected chi connectivity index (χ0v) is 9.30. The van der Waals surface area contributed by atoms with Gasteiger partial charge in [0.2, 0.25) is 0 Å². The molecule has 0 aliphatic carbocycles. The van der Waals surface area contributed by atoms with Crippen LogP contribution in [0, 0.1) is 5.53 Å². The number of nitrogens with two attached hydrogens (primary N) is 1. The van der Waals surface area contributed by atoms with Crippen molar-refractivity contribution in [3.05, 3.63) is 22.7 Å². The molecular formula is C9H13N5O4. The van der Waals surface area contributed by atoms with Crippen LogP contribution >= 0.6 is 0 Å². The molecule has 98 valence electrons. The molecule has 0 saturated carbocycles. The molecule has 1 aromatic heterocycles. The van der Waals surface area contributed by atoms with Crippen LogP contribution in [0.25, 0.3) is 0 Å². The standard InChI is InChI=1S/C9H13N5O4/c10-5-1-2-14(9(17)12-5)8-7(16)6(13-11)4(3-15)18-8/h1-2,4,6-8,11,15-16H,3H2,(H2,10,12,17)/t4-,6?,7?,8-/m1/s1. The maximum Gasteiger partial charge on any atom is 0.351 e. The van der Waals surface area contributed by atoms with Gasteiger partial charge in [0.1, 0.15) is 24.1 Å². The summed E-state index contributed by atoms with van der Waals surface area (Å²) in [6.07, 6.45) is -1.74. The van der Waals surface area contributed by atoms with Crippen molar-refractivity contribution < 1.29 is 14.9 Å². The Bertz CT molecular complexity index is 504. The minimum absolute atomic E-state index is 0.0594. The summed E-state index contributed by atoms with van der Waals surface area (Å²) in [5, 5.41) is 22.2. The second-order valence-electron chi connectivity index (χ2n) is 3.90. The van der Waals surface area contributed by atoms with Gasteiger partial charge in [0, 0.05) is 6.20 Å². The number of nitrogens with one attached hydrogen (secondary N) is 1. The third-order valence-corrected chi connectivity index (χ3v) is 2.79. The topological polar surface area (TPSA) is 147 Å². The fourth-order valence-corrected chi connectivity index (χ4v) is 1.89. The number of rotatable bonds is 3. The van der Waals surface area contributed by atoms with Gasteiger partial charge in [-0.2, -0.15) is 10.1 Å². The highest BCUT2D eigenvalue weighted by atomic mass is 16.5. The molecular weight excluding hydrogens is 242 g/mol. The van der Waals surface area contributed by atoms with E-state index in [9.17, 15) is 9.90 Å². The molecule has 1 aliphatic heterocycles. The van der Waals surface area contributed by atoms with E-state index in [1.165, 1.54) is 12.3 Å². The number of hydrogen-bond acceptors (Lipinski definition) is 8. The van der Waals surface area contributed by atoms with Crippen LogP contribution in [-0.4, -0.2) is 44.6 Å². The Morgan fingerprint density at radius 3 is 2.89 bits per heavy atom. The largest absolute Gasteiger partial charge is 0.394 e. The van der Waals surface area contributed by atoms with Gasteiger partial charge in [-0.15, -0.1) is 0 Å². The quantitative estimate of drug-likeness (QED) is 0.482. The molecule has 1 saturated heterocycles. The summed E-state index contributed by atoms with van der Waals surface area (Å²) in [5.41, 5.74) is 11.6. The van der Waals surface area contributed by atoms with Crippen molar-refractivity contribution in [2.24, 2.45) is 5.11 Å². The van der Waals surface area contributed by atoms with Crippen LogP contribution in [0.4, 0.5) is 5.82 Å². The van der Waals surface area contributed by atoms with E-state index in [0.29, 0.717) is 0 Å². The summed E-state index contributed by atoms with van der Waals surface area (Å²) in [6.45, 7) is -0.405. The van der Waals surface area contributed by atoms with Crippen molar-refractivity contribution in [3.8, 4) is 0 Å². The van der Waals surface area contributed by atoms with Gasteiger partial charge in [0.05, 0.1) is 6.61 Å². The van der Waals surface area contributed by atoms with E-state index in [2.05, 4.69) is 10.1 Å². The van der Waals surface area contributed by atoms with Crippen LogP contribution in [0.3, 0.4) is 0 Å². The van der Waals surface area contributed by atoms with Gasteiger partial charge in [0.15, 0.2) is 6.23 Å². The predicted octanol–water partition coefficient (Wildman–Crippen LogP) is -1.52. The molecule has 9 heteroatoms. The molecule has 2 rings (SSSR count). The van der Waals surface area contributed by atoms with Gasteiger partial charge in [-0.25, -0.2) is 10.3 Å². The van der Waals surface area contributed by atoms with Gasteiger partial charge in [0.25, 0.3) is 0 Å². The highest BCUT2D eigenvalue weighted by Crippen LogP contribution is 2.30. The Labute approximate surface area is 101 Å². The molecule has 1 aliphatic rings. The number of ether oxygens (including phenoxy) is 1. The summed E-state index contributed by atoms with van der Waals surface area (Å²) >= 11 is 0. The number of aliphatic hydroxyl groups excluding tert-OH is 2. The van der Waals surface area contributed by atoms with Crippen molar-refractivity contribution in [2.45, 2.75) is 24.5 Å². The summed E-state index contributed by atoms with van der Waals surface area (Å²) in [4.78, 5) is 15.1. The maximum atomic E-state index is 11.6. The van der Waals surface area contributed by atoms with Crippen LogP contribution in [0.1, 0.15) is 6.23 Å². The molecule has 9 nitrogen and oxygen atoms in total. The van der Waals surface area contributed by atoms with Crippen LogP contribution in [-0.2, 0) is 4.74 Å². The molecule has 0 aromatic carbocycles. The first kappa shape index (κ1) is 12.6. The first-order valence-corrected chi connectivity index (χ1v) is 5.24. The molecule has 4 atom stereocenters. The lowest BCUT2D eigenvalue weighted by molar-refractivity contribution is -0.0531. The Morgan fingerprint density at radius 2 is 2.39 bits per heavy atom. The fraction of sp³-hybridized carbons (Fsp3) is 0.556. The second-order valence-corrected chi connectivity index (χ2v) is 3.90. The van der Waals surface area contributed by atoms with Crippen molar-refractivity contribution in [1.29, 1.82) is 5.53 Å². The first-order chi connectivity index (χ1) is 8.58. The van der Waals surface area contributed by atoms with Gasteiger partial charge in [-0.3, -0.25) is 4.57 Å². The number of nitrogens with zero attached hydrogens (tertiary/aromatic N) is 3. The van der Waals surface area contributed by atoms with Crippen molar-refractivity contribution in [1.82, 2.24) is 9.55 Å². The van der Waals surface area contributed by atoms with E-state index < -0.39 is 36.8 Å². The molecule has 5 N–H and O–H groups in total. The lowest BCUT2D eigenvalue weighted by Gasteiger charge is -2.16. The summed E-state index contributed by atoms with van der Waals surface area (Å²) in [5.74, 6) is 0.0594. The lowest BCUT2D eigenvalue weighted by Crippen LogP contribution is -2.35. The van der Waals surface area contributed by atoms with E-state index in [4.69, 9.17) is 21.1 Å². The maximum absolute atomic E-state index is 11.6. The number of aromatic nitrogens is 2. The minimum Gasteiger partial charge on any atom is -0.394 e. The highest BCUT2D eigenvalue weighted by Gasteiger charge is 2.45. The van der Waals surface area contributed by atoms with Crippen molar-refractivity contribution in [2.75, 3.05) is 12.3 Å². The van der Waals surface area contributed by atoms with Crippen LogP contribution in [0.2, 0.25) is 0 Å².